The minimum atomic E-state index is -0.479. The Kier molecular flexibility index (Phi) is 2.22. The summed E-state index contributed by atoms with van der Waals surface area (Å²) in [6.45, 7) is 0. The van der Waals surface area contributed by atoms with E-state index < -0.39 is 16.2 Å². The summed E-state index contributed by atoms with van der Waals surface area (Å²) >= 11 is -0.479. The fourth-order valence-corrected chi connectivity index (χ4v) is 0. The topological polar surface area (TPSA) is 0 Å². The van der Waals surface area contributed by atoms with Crippen LogP contribution in [0.15, 0.2) is 0 Å². The van der Waals surface area contributed by atoms with Crippen molar-refractivity contribution in [3.8, 4) is 0 Å². The fourth-order valence-electron chi connectivity index (χ4n) is 0. The van der Waals surface area contributed by atoms with Crippen molar-refractivity contribution in [2.45, 2.75) is 16.4 Å². The average molecular weight is 47.1 g/mol. The second-order valence-electron chi connectivity index (χ2n) is 1.73. The van der Waals surface area contributed by atoms with Crippen LogP contribution in [0, 0.1) is 0 Å². The van der Waals surface area contributed by atoms with Gasteiger partial charge in [-0.1, -0.05) is 0 Å². The molecule has 0 nitrogen and oxygen atoms in total. The third kappa shape index (κ3) is 17.4. The third-order valence-corrected chi connectivity index (χ3v) is 0. The van der Waals surface area contributed by atoms with Crippen molar-refractivity contribution in [2.75, 3.05) is 0 Å². The molecule has 0 amide bonds. The van der Waals surface area contributed by atoms with Gasteiger partial charge in [-0.15, -0.1) is 0 Å². The molecule has 0 saturated carbocycles. The Hall–Kier alpha value is 0.636. The molecule has 0 aromatic carbocycles. The molecule has 0 unspecified atom stereocenters. The molecule has 0 atom stereocenters. The average Bonchev–Trinajstić information content (AvgIpc) is 0.811. The first-order valence-electron chi connectivity index (χ1n) is 1.73. The van der Waals surface area contributed by atoms with E-state index in [1.807, 2.05) is 0 Å². The van der Waals surface area contributed by atoms with Crippen LogP contribution in [0.4, 0.5) is 0 Å². The van der Waals surface area contributed by atoms with Crippen molar-refractivity contribution in [1.82, 2.24) is 0 Å². The zero-order chi connectivity index (χ0) is 3.58. The summed E-state index contributed by atoms with van der Waals surface area (Å²) in [5.41, 5.74) is 7.06. The Balaban J connectivity index is 2.32. The molecule has 0 fully saturated rings. The van der Waals surface area contributed by atoms with Crippen LogP contribution in [-0.2, 0) is 0 Å². The second-order valence-corrected chi connectivity index (χ2v) is 9.00. The molecular formula is C3H9Ga. The van der Waals surface area contributed by atoms with Gasteiger partial charge < -0.3 is 0 Å². The zero-order valence-corrected chi connectivity index (χ0v) is 6.00. The van der Waals surface area contributed by atoms with Crippen molar-refractivity contribution >= 4 is 16.2 Å². The van der Waals surface area contributed by atoms with Crippen LogP contribution in [0.5, 0.6) is 0 Å². The molecule has 0 aliphatic carbocycles. The molecule has 0 bridgehead atoms. The van der Waals surface area contributed by atoms with E-state index in [-0.39, 0.29) is 0 Å². The van der Waals surface area contributed by atoms with Crippen LogP contribution < -0.4 is 0 Å². The summed E-state index contributed by atoms with van der Waals surface area (Å²) in [6.07, 6.45) is 0. The van der Waals surface area contributed by atoms with E-state index in [2.05, 4.69) is 16.4 Å². The molecule has 0 radical (unpaired) electrons. The van der Waals surface area contributed by atoms with E-state index in [9.17, 15) is 0 Å². The van der Waals surface area contributed by atoms with E-state index in [0.717, 1.165) is 0 Å². The van der Waals surface area contributed by atoms with Gasteiger partial charge in [0.05, 0.1) is 0 Å². The summed E-state index contributed by atoms with van der Waals surface area (Å²) in [6, 6.07) is 0. The maximum atomic E-state index is 2.35. The van der Waals surface area contributed by atoms with Gasteiger partial charge in [-0.2, -0.15) is 0 Å². The van der Waals surface area contributed by atoms with Crippen molar-refractivity contribution in [2.24, 2.45) is 0 Å². The summed E-state index contributed by atoms with van der Waals surface area (Å²) < 4.78 is 0. The number of hydrogen-bond donors (Lipinski definition) is 0. The summed E-state index contributed by atoms with van der Waals surface area (Å²) in [5.74, 6) is 0. The summed E-state index contributed by atoms with van der Waals surface area (Å²) in [7, 11) is 0. The van der Waals surface area contributed by atoms with Crippen molar-refractivity contribution < 1.29 is 0 Å². The molecule has 0 aromatic heterocycles. The third-order valence-electron chi connectivity index (χ3n) is 0. The quantitative estimate of drug-likeness (QED) is 0.362. The van der Waals surface area contributed by atoms with Gasteiger partial charge in [0.25, 0.3) is 0 Å². The van der Waals surface area contributed by atoms with Gasteiger partial charge in [0.1, 0.15) is 0 Å². The summed E-state index contributed by atoms with van der Waals surface area (Å²) in [4.78, 5) is 0. The van der Waals surface area contributed by atoms with Crippen LogP contribution in [-0.4, -0.2) is 16.2 Å². The molecule has 0 aliphatic heterocycles. The number of rotatable bonds is 0. The van der Waals surface area contributed by atoms with E-state index >= 15 is 0 Å². The fraction of sp³-hybridized carbons (Fsp3) is 1.00. The predicted octanol–water partition coefficient (Wildman–Crippen LogP) is 1.37. The Morgan fingerprint density at radius 3 is 1.00 bits per heavy atom. The zero-order valence-electron chi connectivity index (χ0n) is 3.58. The SMILES string of the molecule is [CH3][2Ga]([CH3])[CH3]. The molecule has 0 heterocycles. The van der Waals surface area contributed by atoms with Crippen LogP contribution in [0.25, 0.3) is 0 Å². The molecule has 0 aromatic rings. The van der Waals surface area contributed by atoms with Crippen molar-refractivity contribution in [3.05, 3.63) is 0 Å². The van der Waals surface area contributed by atoms with Crippen LogP contribution in [0.1, 0.15) is 0 Å². The van der Waals surface area contributed by atoms with Gasteiger partial charge in [-0.25, -0.2) is 0 Å². The van der Waals surface area contributed by atoms with E-state index in [4.69, 9.17) is 0 Å². The van der Waals surface area contributed by atoms with E-state index in [1.165, 1.54) is 0 Å². The minimum absolute atomic E-state index is 0.479. The Morgan fingerprint density at radius 2 is 1.00 bits per heavy atom. The first-order valence-corrected chi connectivity index (χ1v) is 9.00. The van der Waals surface area contributed by atoms with Crippen LogP contribution in [0.2, 0.25) is 16.4 Å². The van der Waals surface area contributed by atoms with Crippen molar-refractivity contribution in [1.29, 1.82) is 0 Å². The number of hydrogen-bond acceptors (Lipinski definition) is 0. The van der Waals surface area contributed by atoms with E-state index in [0.29, 0.717) is 0 Å². The van der Waals surface area contributed by atoms with Crippen LogP contribution >= 0.6 is 0 Å². The maximum absolute atomic E-state index is 2.35. The molecule has 0 saturated heterocycles. The van der Waals surface area contributed by atoms with Gasteiger partial charge >= 0.3 is 32.7 Å². The van der Waals surface area contributed by atoms with Crippen LogP contribution in [0.3, 0.4) is 0 Å². The first-order chi connectivity index (χ1) is 1.73. The van der Waals surface area contributed by atoms with Gasteiger partial charge in [-0.05, 0) is 0 Å². The second kappa shape index (κ2) is 1.91. The molecule has 1 heteroatoms. The molecular weight excluding hydrogens is 38.0 g/mol. The van der Waals surface area contributed by atoms with Gasteiger partial charge in [0, 0.05) is 0 Å². The van der Waals surface area contributed by atoms with E-state index in [1.54, 1.807) is 0 Å². The predicted molar refractivity (Wildman–Crippen MR) is 23.3 cm³/mol. The Bertz CT molecular complexity index is 8.00. The Morgan fingerprint density at radius 1 is 1.00 bits per heavy atom. The monoisotopic (exact) mass is 47.1 g/mol. The molecule has 24 valence electrons. The van der Waals surface area contributed by atoms with Gasteiger partial charge in [-0.3, -0.25) is 0 Å². The first kappa shape index (κ1) is 4.64. The molecule has 4 heavy (non-hydrogen) atoms. The molecule has 0 aliphatic rings. The normalized spacial score (nSPS) is 6.75. The molecule has 0 rings (SSSR count). The van der Waals surface area contributed by atoms with Gasteiger partial charge in [0.2, 0.25) is 0 Å². The van der Waals surface area contributed by atoms with Crippen molar-refractivity contribution in [3.63, 3.8) is 0 Å². The summed E-state index contributed by atoms with van der Waals surface area (Å²) in [5, 5.41) is 0. The molecule has 0 N–H and O–H groups in total. The molecule has 0 spiro atoms. The van der Waals surface area contributed by atoms with Gasteiger partial charge in [0.15, 0.2) is 0 Å². The Labute approximate surface area is 33.2 Å². The standard InChI is InChI=1S/3CH3.Ga/h3*1H3;/i;;;1-68.